The summed E-state index contributed by atoms with van der Waals surface area (Å²) in [6, 6.07) is 6.86. The Morgan fingerprint density at radius 3 is 2.67 bits per heavy atom. The third-order valence-electron chi connectivity index (χ3n) is 4.15. The second kappa shape index (κ2) is 8.40. The van der Waals surface area contributed by atoms with Crippen molar-refractivity contribution in [3.8, 4) is 5.75 Å². The SMILES string of the molecule is COc1ccc(CNC(C)C)cc1COCC1CCCC1. The van der Waals surface area contributed by atoms with Crippen molar-refractivity contribution in [2.24, 2.45) is 5.92 Å². The van der Waals surface area contributed by atoms with Crippen molar-refractivity contribution in [1.82, 2.24) is 5.32 Å². The van der Waals surface area contributed by atoms with Gasteiger partial charge in [-0.15, -0.1) is 0 Å². The van der Waals surface area contributed by atoms with Crippen molar-refractivity contribution in [1.29, 1.82) is 0 Å². The molecule has 0 aliphatic heterocycles. The Bertz CT molecular complexity index is 425. The van der Waals surface area contributed by atoms with Gasteiger partial charge in [-0.3, -0.25) is 0 Å². The largest absolute Gasteiger partial charge is 0.496 e. The fraction of sp³-hybridized carbons (Fsp3) is 0.667. The van der Waals surface area contributed by atoms with Crippen LogP contribution in [0.3, 0.4) is 0 Å². The molecule has 3 heteroatoms. The van der Waals surface area contributed by atoms with E-state index in [1.807, 2.05) is 6.07 Å². The molecular formula is C18H29NO2. The fourth-order valence-corrected chi connectivity index (χ4v) is 2.89. The zero-order valence-corrected chi connectivity index (χ0v) is 13.7. The van der Waals surface area contributed by atoms with Gasteiger partial charge in [0.25, 0.3) is 0 Å². The van der Waals surface area contributed by atoms with Crippen LogP contribution in [-0.2, 0) is 17.9 Å². The molecule has 21 heavy (non-hydrogen) atoms. The minimum atomic E-state index is 0.495. The van der Waals surface area contributed by atoms with Crippen molar-refractivity contribution in [3.05, 3.63) is 29.3 Å². The maximum Gasteiger partial charge on any atom is 0.124 e. The third kappa shape index (κ3) is 5.33. The smallest absolute Gasteiger partial charge is 0.124 e. The van der Waals surface area contributed by atoms with E-state index in [1.165, 1.54) is 31.2 Å². The Morgan fingerprint density at radius 2 is 2.00 bits per heavy atom. The summed E-state index contributed by atoms with van der Waals surface area (Å²) in [4.78, 5) is 0. The molecule has 1 saturated carbocycles. The lowest BCUT2D eigenvalue weighted by atomic mass is 10.1. The Balaban J connectivity index is 1.89. The number of hydrogen-bond acceptors (Lipinski definition) is 3. The molecular weight excluding hydrogens is 262 g/mol. The molecule has 0 bridgehead atoms. The van der Waals surface area contributed by atoms with Crippen molar-refractivity contribution in [3.63, 3.8) is 0 Å². The van der Waals surface area contributed by atoms with E-state index in [-0.39, 0.29) is 0 Å². The summed E-state index contributed by atoms with van der Waals surface area (Å²) >= 11 is 0. The Hall–Kier alpha value is -1.06. The average Bonchev–Trinajstić information content (AvgIpc) is 2.98. The van der Waals surface area contributed by atoms with Gasteiger partial charge in [0.05, 0.1) is 13.7 Å². The Morgan fingerprint density at radius 1 is 1.24 bits per heavy atom. The van der Waals surface area contributed by atoms with E-state index in [0.29, 0.717) is 12.6 Å². The van der Waals surface area contributed by atoms with Crippen LogP contribution in [0.4, 0.5) is 0 Å². The molecule has 1 aromatic carbocycles. The molecule has 1 N–H and O–H groups in total. The highest BCUT2D eigenvalue weighted by atomic mass is 16.5. The molecule has 0 saturated heterocycles. The average molecular weight is 291 g/mol. The van der Waals surface area contributed by atoms with Gasteiger partial charge in [-0.05, 0) is 36.5 Å². The first-order valence-electron chi connectivity index (χ1n) is 8.16. The van der Waals surface area contributed by atoms with E-state index in [4.69, 9.17) is 9.47 Å². The normalized spacial score (nSPS) is 15.8. The summed E-state index contributed by atoms with van der Waals surface area (Å²) in [6.45, 7) is 6.74. The molecule has 0 heterocycles. The van der Waals surface area contributed by atoms with Crippen molar-refractivity contribution >= 4 is 0 Å². The molecule has 2 rings (SSSR count). The van der Waals surface area contributed by atoms with Gasteiger partial charge < -0.3 is 14.8 Å². The van der Waals surface area contributed by atoms with Gasteiger partial charge in [0.1, 0.15) is 5.75 Å². The topological polar surface area (TPSA) is 30.5 Å². The van der Waals surface area contributed by atoms with Crippen LogP contribution in [0, 0.1) is 5.92 Å². The van der Waals surface area contributed by atoms with Crippen LogP contribution >= 0.6 is 0 Å². The summed E-state index contributed by atoms with van der Waals surface area (Å²) in [6.07, 6.45) is 5.40. The molecule has 0 amide bonds. The molecule has 0 aromatic heterocycles. The first kappa shape index (κ1) is 16.3. The lowest BCUT2D eigenvalue weighted by Crippen LogP contribution is -2.21. The zero-order valence-electron chi connectivity index (χ0n) is 13.7. The van der Waals surface area contributed by atoms with Gasteiger partial charge in [-0.2, -0.15) is 0 Å². The summed E-state index contributed by atoms with van der Waals surface area (Å²) in [5.74, 6) is 1.69. The Kier molecular flexibility index (Phi) is 6.52. The maximum atomic E-state index is 5.93. The summed E-state index contributed by atoms with van der Waals surface area (Å²) < 4.78 is 11.4. The second-order valence-corrected chi connectivity index (χ2v) is 6.35. The highest BCUT2D eigenvalue weighted by Crippen LogP contribution is 2.26. The quantitative estimate of drug-likeness (QED) is 0.788. The van der Waals surface area contributed by atoms with Crippen LogP contribution in [0.2, 0.25) is 0 Å². The molecule has 0 atom stereocenters. The predicted octanol–water partition coefficient (Wildman–Crippen LogP) is 3.90. The van der Waals surface area contributed by atoms with Crippen LogP contribution in [0.15, 0.2) is 18.2 Å². The highest BCUT2D eigenvalue weighted by Gasteiger charge is 2.15. The maximum absolute atomic E-state index is 5.93. The molecule has 3 nitrogen and oxygen atoms in total. The van der Waals surface area contributed by atoms with E-state index in [0.717, 1.165) is 30.4 Å². The number of ether oxygens (including phenoxy) is 2. The molecule has 118 valence electrons. The molecule has 1 fully saturated rings. The molecule has 1 aromatic rings. The Labute approximate surface area is 129 Å². The van der Waals surface area contributed by atoms with E-state index in [2.05, 4.69) is 31.3 Å². The van der Waals surface area contributed by atoms with Gasteiger partial charge in [0.15, 0.2) is 0 Å². The fourth-order valence-electron chi connectivity index (χ4n) is 2.89. The highest BCUT2D eigenvalue weighted by molar-refractivity contribution is 5.36. The van der Waals surface area contributed by atoms with Crippen molar-refractivity contribution in [2.75, 3.05) is 13.7 Å². The van der Waals surface area contributed by atoms with Crippen LogP contribution in [0.1, 0.15) is 50.7 Å². The van der Waals surface area contributed by atoms with Crippen LogP contribution in [0.25, 0.3) is 0 Å². The van der Waals surface area contributed by atoms with Gasteiger partial charge >= 0.3 is 0 Å². The first-order chi connectivity index (χ1) is 10.2. The molecule has 0 spiro atoms. The van der Waals surface area contributed by atoms with E-state index in [9.17, 15) is 0 Å². The van der Waals surface area contributed by atoms with Crippen LogP contribution in [-0.4, -0.2) is 19.8 Å². The molecule has 0 radical (unpaired) electrons. The number of methoxy groups -OCH3 is 1. The lowest BCUT2D eigenvalue weighted by Gasteiger charge is -2.14. The van der Waals surface area contributed by atoms with E-state index < -0.39 is 0 Å². The van der Waals surface area contributed by atoms with Crippen LogP contribution < -0.4 is 10.1 Å². The number of rotatable bonds is 8. The summed E-state index contributed by atoms with van der Waals surface area (Å²) in [5.41, 5.74) is 2.43. The number of hydrogen-bond donors (Lipinski definition) is 1. The predicted molar refractivity (Wildman–Crippen MR) is 86.6 cm³/mol. The number of nitrogens with one attached hydrogen (secondary N) is 1. The third-order valence-corrected chi connectivity index (χ3v) is 4.15. The van der Waals surface area contributed by atoms with Crippen LogP contribution in [0.5, 0.6) is 5.75 Å². The minimum Gasteiger partial charge on any atom is -0.496 e. The second-order valence-electron chi connectivity index (χ2n) is 6.35. The summed E-state index contributed by atoms with van der Waals surface area (Å²) in [7, 11) is 1.72. The van der Waals surface area contributed by atoms with Crippen molar-refractivity contribution < 1.29 is 9.47 Å². The standard InChI is InChI=1S/C18H29NO2/c1-14(2)19-11-16-8-9-18(20-3)17(10-16)13-21-12-15-6-4-5-7-15/h8-10,14-15,19H,4-7,11-13H2,1-3H3. The lowest BCUT2D eigenvalue weighted by molar-refractivity contribution is 0.0874. The number of benzene rings is 1. The van der Waals surface area contributed by atoms with E-state index in [1.54, 1.807) is 7.11 Å². The van der Waals surface area contributed by atoms with Gasteiger partial charge in [-0.1, -0.05) is 32.8 Å². The monoisotopic (exact) mass is 291 g/mol. The van der Waals surface area contributed by atoms with Gasteiger partial charge in [0.2, 0.25) is 0 Å². The molecule has 1 aliphatic carbocycles. The minimum absolute atomic E-state index is 0.495. The first-order valence-corrected chi connectivity index (χ1v) is 8.16. The zero-order chi connectivity index (χ0) is 15.1. The van der Waals surface area contributed by atoms with Crippen molar-refractivity contribution in [2.45, 2.75) is 58.7 Å². The van der Waals surface area contributed by atoms with Gasteiger partial charge in [-0.25, -0.2) is 0 Å². The molecule has 1 aliphatic rings. The molecule has 0 unspecified atom stereocenters. The van der Waals surface area contributed by atoms with E-state index >= 15 is 0 Å². The summed E-state index contributed by atoms with van der Waals surface area (Å²) in [5, 5.41) is 3.45. The van der Waals surface area contributed by atoms with Gasteiger partial charge in [0, 0.05) is 24.8 Å².